The van der Waals surface area contributed by atoms with Crippen molar-refractivity contribution in [3.05, 3.63) is 95.7 Å². The molecule has 0 aliphatic heterocycles. The number of hydrogen-bond donors (Lipinski definition) is 2. The highest BCUT2D eigenvalue weighted by Crippen LogP contribution is 2.38. The molecule has 0 aromatic heterocycles. The number of nitrogens with one attached hydrogen (secondary N) is 2. The Labute approximate surface area is 243 Å². The van der Waals surface area contributed by atoms with Gasteiger partial charge in [-0.25, -0.2) is 4.79 Å². The highest BCUT2D eigenvalue weighted by molar-refractivity contribution is 7.99. The van der Waals surface area contributed by atoms with Crippen LogP contribution in [-0.2, 0) is 14.3 Å². The molecule has 10 heteroatoms. The number of thioether (sulfide) groups is 1. The number of amides is 2. The molecule has 9 nitrogen and oxygen atoms in total. The van der Waals surface area contributed by atoms with Crippen molar-refractivity contribution in [2.75, 3.05) is 39.0 Å². The summed E-state index contributed by atoms with van der Waals surface area (Å²) in [7, 11) is 4.48. The van der Waals surface area contributed by atoms with E-state index in [9.17, 15) is 14.4 Å². The fraction of sp³-hybridized carbons (Fsp3) is 0.194. The third kappa shape index (κ3) is 9.18. The molecule has 3 aromatic rings. The lowest BCUT2D eigenvalue weighted by molar-refractivity contribution is -0.137. The molecule has 214 valence electrons. The fourth-order valence-electron chi connectivity index (χ4n) is 3.63. The predicted octanol–water partition coefficient (Wildman–Crippen LogP) is 5.33. The molecule has 0 aliphatic rings. The minimum Gasteiger partial charge on any atom is -0.493 e. The Morgan fingerprint density at radius 1 is 0.878 bits per heavy atom. The van der Waals surface area contributed by atoms with Crippen LogP contribution in [-0.4, -0.2) is 51.5 Å². The van der Waals surface area contributed by atoms with Gasteiger partial charge in [-0.15, -0.1) is 11.8 Å². The van der Waals surface area contributed by atoms with Crippen molar-refractivity contribution in [2.24, 2.45) is 0 Å². The van der Waals surface area contributed by atoms with Gasteiger partial charge in [-0.1, -0.05) is 30.3 Å². The van der Waals surface area contributed by atoms with Gasteiger partial charge in [0.05, 0.1) is 27.9 Å². The highest BCUT2D eigenvalue weighted by Gasteiger charge is 2.18. The van der Waals surface area contributed by atoms with E-state index in [4.69, 9.17) is 18.9 Å². The Hall–Kier alpha value is -4.70. The smallest absolute Gasteiger partial charge is 0.330 e. The van der Waals surface area contributed by atoms with Crippen LogP contribution in [0.3, 0.4) is 0 Å². The van der Waals surface area contributed by atoms with Crippen LogP contribution in [0.25, 0.3) is 6.08 Å². The van der Waals surface area contributed by atoms with E-state index in [1.54, 1.807) is 73.7 Å². The molecular weight excluding hydrogens is 544 g/mol. The van der Waals surface area contributed by atoms with E-state index in [1.807, 2.05) is 6.07 Å². The number of methoxy groups -OCH3 is 3. The molecule has 0 radical (unpaired) electrons. The molecule has 0 spiro atoms. The molecule has 3 rings (SSSR count). The van der Waals surface area contributed by atoms with Gasteiger partial charge in [-0.3, -0.25) is 9.59 Å². The largest absolute Gasteiger partial charge is 0.493 e. The first-order valence-corrected chi connectivity index (χ1v) is 13.6. The van der Waals surface area contributed by atoms with Crippen LogP contribution in [0, 0.1) is 0 Å². The number of benzene rings is 3. The molecule has 2 N–H and O–H groups in total. The molecule has 0 saturated heterocycles. The van der Waals surface area contributed by atoms with E-state index in [-0.39, 0.29) is 5.70 Å². The summed E-state index contributed by atoms with van der Waals surface area (Å²) in [6.07, 6.45) is 4.63. The quantitative estimate of drug-likeness (QED) is 0.160. The maximum atomic E-state index is 13.5. The van der Waals surface area contributed by atoms with E-state index >= 15 is 0 Å². The van der Waals surface area contributed by atoms with Gasteiger partial charge in [-0.2, -0.15) is 0 Å². The van der Waals surface area contributed by atoms with Gasteiger partial charge in [0, 0.05) is 28.0 Å². The minimum atomic E-state index is -0.535. The normalized spacial score (nSPS) is 11.1. The van der Waals surface area contributed by atoms with E-state index in [0.717, 1.165) is 4.90 Å². The number of rotatable bonds is 13. The van der Waals surface area contributed by atoms with Crippen molar-refractivity contribution < 1.29 is 33.3 Å². The molecule has 0 fully saturated rings. The average Bonchev–Trinajstić information content (AvgIpc) is 2.99. The SMILES string of the molecule is CCOC(=O)/C=C/CSc1cccc(NC(=O)/C(=C\c2cc(OC)c(OC)c(OC)c2)NC(=O)c2ccccc2)c1. The van der Waals surface area contributed by atoms with Gasteiger partial charge in [0.15, 0.2) is 11.5 Å². The van der Waals surface area contributed by atoms with Gasteiger partial charge < -0.3 is 29.6 Å². The van der Waals surface area contributed by atoms with Crippen molar-refractivity contribution in [2.45, 2.75) is 11.8 Å². The second-order valence-electron chi connectivity index (χ2n) is 8.28. The Morgan fingerprint density at radius 3 is 2.22 bits per heavy atom. The maximum absolute atomic E-state index is 13.5. The molecule has 0 saturated carbocycles. The van der Waals surface area contributed by atoms with Crippen LogP contribution in [0.15, 0.2) is 89.5 Å². The summed E-state index contributed by atoms with van der Waals surface area (Å²) in [5, 5.41) is 5.57. The summed E-state index contributed by atoms with van der Waals surface area (Å²) >= 11 is 1.48. The summed E-state index contributed by atoms with van der Waals surface area (Å²) in [6.45, 7) is 2.07. The molecule has 0 atom stereocenters. The van der Waals surface area contributed by atoms with Gasteiger partial charge in [0.1, 0.15) is 5.70 Å². The van der Waals surface area contributed by atoms with Gasteiger partial charge in [0.2, 0.25) is 5.75 Å². The molecule has 0 unspecified atom stereocenters. The van der Waals surface area contributed by atoms with Crippen LogP contribution in [0.1, 0.15) is 22.8 Å². The standard InChI is InChI=1S/C31H32N2O7S/c1-5-40-28(34)15-10-16-41-24-14-9-13-23(20-24)32-31(36)25(33-30(35)22-11-7-6-8-12-22)17-21-18-26(37-2)29(39-4)27(19-21)38-3/h6-15,17-20H,5,16H2,1-4H3,(H,32,36)(H,33,35)/b15-10+,25-17+. The van der Waals surface area contributed by atoms with Crippen LogP contribution >= 0.6 is 11.8 Å². The van der Waals surface area contributed by atoms with Crippen molar-refractivity contribution in [1.29, 1.82) is 0 Å². The summed E-state index contributed by atoms with van der Waals surface area (Å²) in [5.41, 5.74) is 1.46. The van der Waals surface area contributed by atoms with Crippen LogP contribution in [0.5, 0.6) is 17.2 Å². The lowest BCUT2D eigenvalue weighted by atomic mass is 10.1. The number of carbonyl (C=O) groups excluding carboxylic acids is 3. The number of esters is 1. The van der Waals surface area contributed by atoms with E-state index in [1.165, 1.54) is 45.2 Å². The van der Waals surface area contributed by atoms with Gasteiger partial charge in [0.25, 0.3) is 11.8 Å². The third-order valence-electron chi connectivity index (χ3n) is 5.51. The second-order valence-corrected chi connectivity index (χ2v) is 9.38. The first-order valence-electron chi connectivity index (χ1n) is 12.6. The molecule has 41 heavy (non-hydrogen) atoms. The van der Waals surface area contributed by atoms with Crippen molar-refractivity contribution >= 4 is 41.3 Å². The monoisotopic (exact) mass is 576 g/mol. The van der Waals surface area contributed by atoms with Crippen LogP contribution in [0.2, 0.25) is 0 Å². The molecule has 3 aromatic carbocycles. The van der Waals surface area contributed by atoms with Gasteiger partial charge in [-0.05, 0) is 61.0 Å². The topological polar surface area (TPSA) is 112 Å². The van der Waals surface area contributed by atoms with Gasteiger partial charge >= 0.3 is 5.97 Å². The minimum absolute atomic E-state index is 0.00329. The van der Waals surface area contributed by atoms with Crippen LogP contribution in [0.4, 0.5) is 5.69 Å². The number of anilines is 1. The van der Waals surface area contributed by atoms with E-state index in [2.05, 4.69) is 10.6 Å². The van der Waals surface area contributed by atoms with Crippen molar-refractivity contribution in [1.82, 2.24) is 5.32 Å². The Bertz CT molecular complexity index is 1400. The maximum Gasteiger partial charge on any atom is 0.330 e. The Morgan fingerprint density at radius 2 is 1.59 bits per heavy atom. The molecule has 0 aliphatic carbocycles. The first kappa shape index (κ1) is 30.8. The molecule has 2 amide bonds. The van der Waals surface area contributed by atoms with Crippen molar-refractivity contribution in [3.8, 4) is 17.2 Å². The lowest BCUT2D eigenvalue weighted by Gasteiger charge is -2.15. The average molecular weight is 577 g/mol. The predicted molar refractivity (Wildman–Crippen MR) is 160 cm³/mol. The number of hydrogen-bond acceptors (Lipinski definition) is 8. The zero-order chi connectivity index (χ0) is 29.6. The fourth-order valence-corrected chi connectivity index (χ4v) is 4.40. The molecular formula is C31H32N2O7S. The molecule has 0 bridgehead atoms. The van der Waals surface area contributed by atoms with E-state index < -0.39 is 17.8 Å². The second kappa shape index (κ2) is 15.8. The zero-order valence-corrected chi connectivity index (χ0v) is 24.1. The summed E-state index contributed by atoms with van der Waals surface area (Å²) in [6, 6.07) is 19.2. The third-order valence-corrected chi connectivity index (χ3v) is 6.45. The summed E-state index contributed by atoms with van der Waals surface area (Å²) in [5.74, 6) is 0.360. The Kier molecular flexibility index (Phi) is 11.9. The zero-order valence-electron chi connectivity index (χ0n) is 23.3. The van der Waals surface area contributed by atoms with E-state index in [0.29, 0.717) is 46.4 Å². The number of ether oxygens (including phenoxy) is 4. The molecule has 0 heterocycles. The highest BCUT2D eigenvalue weighted by atomic mass is 32.2. The summed E-state index contributed by atoms with van der Waals surface area (Å²) in [4.78, 5) is 38.8. The first-order chi connectivity index (χ1) is 19.9. The van der Waals surface area contributed by atoms with Crippen LogP contribution < -0.4 is 24.8 Å². The number of carbonyl (C=O) groups is 3. The Balaban J connectivity index is 1.87. The lowest BCUT2D eigenvalue weighted by Crippen LogP contribution is -2.30. The van der Waals surface area contributed by atoms with Crippen molar-refractivity contribution in [3.63, 3.8) is 0 Å². The summed E-state index contributed by atoms with van der Waals surface area (Å²) < 4.78 is 21.1.